The van der Waals surface area contributed by atoms with Crippen molar-refractivity contribution in [1.29, 1.82) is 0 Å². The smallest absolute Gasteiger partial charge is 0.306 e. The Kier molecular flexibility index (Phi) is 44.2. The van der Waals surface area contributed by atoms with Gasteiger partial charge in [0.1, 0.15) is 13.2 Å². The topological polar surface area (TPSA) is 78.9 Å². The average Bonchev–Trinajstić information content (AvgIpc) is 3.19. The normalized spacial score (nSPS) is 11.9. The molecule has 0 aromatic carbocycles. The summed E-state index contributed by atoms with van der Waals surface area (Å²) in [5, 5.41) is 0. The summed E-state index contributed by atoms with van der Waals surface area (Å²) in [6.45, 7) is 9.00. The van der Waals surface area contributed by atoms with Crippen LogP contribution in [0.5, 0.6) is 0 Å². The number of carbonyl (C=O) groups excluding carboxylic acids is 3. The van der Waals surface area contributed by atoms with Gasteiger partial charge in [0.05, 0.1) is 0 Å². The minimum atomic E-state index is -0.759. The van der Waals surface area contributed by atoms with Gasteiger partial charge in [-0.2, -0.15) is 0 Å². The van der Waals surface area contributed by atoms with Crippen molar-refractivity contribution in [3.63, 3.8) is 0 Å². The van der Waals surface area contributed by atoms with Crippen LogP contribution in [0.25, 0.3) is 0 Å². The van der Waals surface area contributed by atoms with E-state index in [1.807, 2.05) is 0 Å². The second-order valence-electron chi connectivity index (χ2n) is 17.9. The Bertz CT molecular complexity index is 857. The summed E-state index contributed by atoms with van der Waals surface area (Å²) < 4.78 is 16.7. The molecule has 0 unspecified atom stereocenters. The number of hydrogen-bond acceptors (Lipinski definition) is 6. The third kappa shape index (κ3) is 45.3. The number of carbonyl (C=O) groups is 3. The van der Waals surface area contributed by atoms with Gasteiger partial charge in [-0.05, 0) is 25.2 Å². The minimum Gasteiger partial charge on any atom is -0.462 e. The van der Waals surface area contributed by atoms with Crippen LogP contribution < -0.4 is 0 Å². The number of rotatable bonds is 46. The third-order valence-corrected chi connectivity index (χ3v) is 11.5. The maximum atomic E-state index is 12.7. The molecule has 6 nitrogen and oxygen atoms in total. The molecule has 338 valence electrons. The van der Waals surface area contributed by atoms with Crippen molar-refractivity contribution < 1.29 is 28.6 Å². The van der Waals surface area contributed by atoms with Crippen LogP contribution in [-0.4, -0.2) is 37.2 Å². The molecule has 0 saturated carbocycles. The Hall–Kier alpha value is -1.59. The molecule has 6 heteroatoms. The molecule has 0 aliphatic carbocycles. The van der Waals surface area contributed by atoms with Crippen LogP contribution in [0.2, 0.25) is 0 Å². The Morgan fingerprint density at radius 1 is 0.333 bits per heavy atom. The molecule has 0 saturated heterocycles. The molecule has 0 aromatic rings. The Morgan fingerprint density at radius 3 is 0.860 bits per heavy atom. The lowest BCUT2D eigenvalue weighted by molar-refractivity contribution is -0.167. The summed E-state index contributed by atoms with van der Waals surface area (Å²) in [6.07, 6.45) is 46.7. The molecule has 0 fully saturated rings. The number of hydrogen-bond donors (Lipinski definition) is 0. The Morgan fingerprint density at radius 2 is 0.579 bits per heavy atom. The first-order chi connectivity index (χ1) is 27.9. The van der Waals surface area contributed by atoms with Crippen molar-refractivity contribution in [1.82, 2.24) is 0 Å². The van der Waals surface area contributed by atoms with Gasteiger partial charge in [-0.3, -0.25) is 14.4 Å². The minimum absolute atomic E-state index is 0.0632. The summed E-state index contributed by atoms with van der Waals surface area (Å²) >= 11 is 0. The van der Waals surface area contributed by atoms with E-state index in [-0.39, 0.29) is 31.1 Å². The van der Waals surface area contributed by atoms with Gasteiger partial charge in [0, 0.05) is 19.3 Å². The average molecular weight is 807 g/mol. The zero-order valence-corrected chi connectivity index (χ0v) is 38.8. The molecule has 1 atom stereocenters. The quantitative estimate of drug-likeness (QED) is 0.0346. The van der Waals surface area contributed by atoms with Crippen molar-refractivity contribution in [3.8, 4) is 0 Å². The molecule has 0 aliphatic rings. The monoisotopic (exact) mass is 807 g/mol. The summed E-state index contributed by atoms with van der Waals surface area (Å²) in [6, 6.07) is 0. The first-order valence-corrected chi connectivity index (χ1v) is 25.4. The van der Waals surface area contributed by atoms with Gasteiger partial charge in [-0.15, -0.1) is 0 Å². The lowest BCUT2D eigenvalue weighted by Gasteiger charge is -2.18. The van der Waals surface area contributed by atoms with Gasteiger partial charge >= 0.3 is 17.9 Å². The lowest BCUT2D eigenvalue weighted by Crippen LogP contribution is -2.30. The highest BCUT2D eigenvalue weighted by molar-refractivity contribution is 5.71. The molecule has 0 spiro atoms. The lowest BCUT2D eigenvalue weighted by atomic mass is 10.0. The number of unbranched alkanes of at least 4 members (excludes halogenated alkanes) is 33. The molecule has 0 heterocycles. The van der Waals surface area contributed by atoms with E-state index < -0.39 is 6.10 Å². The van der Waals surface area contributed by atoms with Crippen molar-refractivity contribution in [2.45, 2.75) is 291 Å². The predicted molar refractivity (Wildman–Crippen MR) is 243 cm³/mol. The predicted octanol–water partition coefficient (Wildman–Crippen LogP) is 16.3. The van der Waals surface area contributed by atoms with Gasteiger partial charge in [-0.1, -0.05) is 246 Å². The van der Waals surface area contributed by atoms with Crippen molar-refractivity contribution in [2.75, 3.05) is 13.2 Å². The van der Waals surface area contributed by atoms with Crippen LogP contribution >= 0.6 is 0 Å². The fourth-order valence-electron chi connectivity index (χ4n) is 7.69. The van der Waals surface area contributed by atoms with Crippen molar-refractivity contribution in [3.05, 3.63) is 0 Å². The fourth-order valence-corrected chi connectivity index (χ4v) is 7.69. The maximum Gasteiger partial charge on any atom is 0.306 e. The molecular weight excluding hydrogens is 709 g/mol. The fraction of sp³-hybridized carbons (Fsp3) is 0.941. The third-order valence-electron chi connectivity index (χ3n) is 11.5. The molecule has 0 bridgehead atoms. The van der Waals surface area contributed by atoms with Crippen LogP contribution in [0, 0.1) is 5.92 Å². The molecule has 0 radical (unpaired) electrons. The second kappa shape index (κ2) is 45.5. The standard InChI is InChI=1S/C51H98O6/c1-5-7-9-11-13-14-15-16-21-24-27-31-35-39-43-50(53)56-46-48(45-55-49(52)42-38-34-29-12-10-8-6-2)57-51(54)44-40-36-32-28-25-22-19-17-18-20-23-26-30-33-37-41-47(3)4/h47-48H,5-46H2,1-4H3/t48-/m1/s1. The van der Waals surface area contributed by atoms with Gasteiger partial charge in [0.25, 0.3) is 0 Å². The SMILES string of the molecule is CCCCCCCCCCCCCCCCC(=O)OC[C@@H](COC(=O)CCCCCCCCC)OC(=O)CCCCCCCCCCCCCCCCCC(C)C. The van der Waals surface area contributed by atoms with Gasteiger partial charge in [0.2, 0.25) is 0 Å². The zero-order chi connectivity index (χ0) is 41.7. The van der Waals surface area contributed by atoms with E-state index in [0.29, 0.717) is 19.3 Å². The van der Waals surface area contributed by atoms with E-state index in [9.17, 15) is 14.4 Å². The van der Waals surface area contributed by atoms with Crippen molar-refractivity contribution >= 4 is 17.9 Å². The molecule has 0 aliphatic heterocycles. The van der Waals surface area contributed by atoms with Crippen LogP contribution in [0.15, 0.2) is 0 Å². The van der Waals surface area contributed by atoms with Crippen LogP contribution in [-0.2, 0) is 28.6 Å². The first kappa shape index (κ1) is 55.4. The highest BCUT2D eigenvalue weighted by Crippen LogP contribution is 2.17. The van der Waals surface area contributed by atoms with Gasteiger partial charge in [0.15, 0.2) is 6.10 Å². The molecule has 0 aromatic heterocycles. The Balaban J connectivity index is 4.20. The van der Waals surface area contributed by atoms with E-state index in [4.69, 9.17) is 14.2 Å². The van der Waals surface area contributed by atoms with E-state index in [1.54, 1.807) is 0 Å². The van der Waals surface area contributed by atoms with E-state index in [1.165, 1.54) is 180 Å². The van der Waals surface area contributed by atoms with Crippen LogP contribution in [0.1, 0.15) is 285 Å². The second-order valence-corrected chi connectivity index (χ2v) is 17.9. The zero-order valence-electron chi connectivity index (χ0n) is 38.8. The summed E-state index contributed by atoms with van der Waals surface area (Å²) in [4.78, 5) is 37.7. The highest BCUT2D eigenvalue weighted by atomic mass is 16.6. The summed E-state index contributed by atoms with van der Waals surface area (Å²) in [5.41, 5.74) is 0. The van der Waals surface area contributed by atoms with E-state index in [2.05, 4.69) is 27.7 Å². The van der Waals surface area contributed by atoms with Gasteiger partial charge < -0.3 is 14.2 Å². The number of ether oxygens (including phenoxy) is 3. The molecule has 0 rings (SSSR count). The van der Waals surface area contributed by atoms with Crippen LogP contribution in [0.3, 0.4) is 0 Å². The van der Waals surface area contributed by atoms with Gasteiger partial charge in [-0.25, -0.2) is 0 Å². The molecule has 0 N–H and O–H groups in total. The highest BCUT2D eigenvalue weighted by Gasteiger charge is 2.19. The maximum absolute atomic E-state index is 12.7. The van der Waals surface area contributed by atoms with Crippen LogP contribution in [0.4, 0.5) is 0 Å². The Labute approximate surface area is 355 Å². The van der Waals surface area contributed by atoms with Crippen molar-refractivity contribution in [2.24, 2.45) is 5.92 Å². The first-order valence-electron chi connectivity index (χ1n) is 25.4. The molecule has 57 heavy (non-hydrogen) atoms. The van der Waals surface area contributed by atoms with E-state index >= 15 is 0 Å². The van der Waals surface area contributed by atoms with E-state index in [0.717, 1.165) is 63.7 Å². The number of esters is 3. The largest absolute Gasteiger partial charge is 0.462 e. The molecular formula is C51H98O6. The summed E-state index contributed by atoms with van der Waals surface area (Å²) in [5.74, 6) is -0.00407. The molecule has 0 amide bonds. The summed E-state index contributed by atoms with van der Waals surface area (Å²) in [7, 11) is 0.